The van der Waals surface area contributed by atoms with Crippen LogP contribution in [0.1, 0.15) is 56.5 Å². The number of amides is 4. The molecular weight excluding hydrogens is 530 g/mol. The number of urea groups is 1. The summed E-state index contributed by atoms with van der Waals surface area (Å²) in [4.78, 5) is 43.7. The van der Waals surface area contributed by atoms with Crippen molar-refractivity contribution in [3.63, 3.8) is 0 Å². The molecule has 2 atom stereocenters. The van der Waals surface area contributed by atoms with Crippen molar-refractivity contribution >= 4 is 17.8 Å². The Morgan fingerprint density at radius 3 is 2.19 bits per heavy atom. The molecule has 222 valence electrons. The van der Waals surface area contributed by atoms with Crippen LogP contribution in [0, 0.1) is 0 Å². The van der Waals surface area contributed by atoms with Gasteiger partial charge < -0.3 is 26.0 Å². The Labute approximate surface area is 248 Å². The molecule has 3 aromatic rings. The van der Waals surface area contributed by atoms with Crippen LogP contribution in [0.5, 0.6) is 11.5 Å². The Hall–Kier alpha value is -4.37. The van der Waals surface area contributed by atoms with E-state index in [4.69, 9.17) is 10.5 Å². The highest BCUT2D eigenvalue weighted by Gasteiger charge is 2.39. The smallest absolute Gasteiger partial charge is 0.313 e. The van der Waals surface area contributed by atoms with Gasteiger partial charge in [-0.3, -0.25) is 14.5 Å². The molecule has 0 fully saturated rings. The zero-order valence-corrected chi connectivity index (χ0v) is 24.7. The fourth-order valence-corrected chi connectivity index (χ4v) is 5.57. The predicted octanol–water partition coefficient (Wildman–Crippen LogP) is 4.55. The van der Waals surface area contributed by atoms with E-state index < -0.39 is 24.0 Å². The van der Waals surface area contributed by atoms with Gasteiger partial charge in [0.25, 0.3) is 5.91 Å². The standard InChI is InChI=1S/C33H41N5O4/c1-22(2)37(23(3)4)20-18-35-31(39)30-28-16-15-27(42-26-13-9-6-10-14-26)21-25(28)17-19-38(30)32(40)29(36-33(34)41)24-11-7-5-8-12-24/h5-16,21-23,29-30H,17-20H2,1-4H3,(H,35,39)(H3,34,36,41). The fourth-order valence-electron chi connectivity index (χ4n) is 5.57. The molecule has 0 radical (unpaired) electrons. The maximum atomic E-state index is 14.1. The van der Waals surface area contributed by atoms with Gasteiger partial charge in [-0.1, -0.05) is 54.6 Å². The first-order valence-corrected chi connectivity index (χ1v) is 14.5. The topological polar surface area (TPSA) is 117 Å². The summed E-state index contributed by atoms with van der Waals surface area (Å²) in [6.45, 7) is 9.91. The summed E-state index contributed by atoms with van der Waals surface area (Å²) in [7, 11) is 0. The summed E-state index contributed by atoms with van der Waals surface area (Å²) in [6.07, 6.45) is 0.517. The summed E-state index contributed by atoms with van der Waals surface area (Å²) >= 11 is 0. The first-order chi connectivity index (χ1) is 20.2. The van der Waals surface area contributed by atoms with E-state index in [1.165, 1.54) is 0 Å². The van der Waals surface area contributed by atoms with E-state index >= 15 is 0 Å². The number of ether oxygens (including phenoxy) is 1. The van der Waals surface area contributed by atoms with Gasteiger partial charge in [0.1, 0.15) is 23.6 Å². The molecule has 9 nitrogen and oxygen atoms in total. The van der Waals surface area contributed by atoms with E-state index in [1.54, 1.807) is 29.2 Å². The maximum absolute atomic E-state index is 14.1. The van der Waals surface area contributed by atoms with Gasteiger partial charge in [-0.15, -0.1) is 0 Å². The molecule has 1 aliphatic rings. The number of primary amides is 1. The van der Waals surface area contributed by atoms with Gasteiger partial charge >= 0.3 is 6.03 Å². The number of fused-ring (bicyclic) bond motifs is 1. The minimum Gasteiger partial charge on any atom is -0.457 e. The lowest BCUT2D eigenvalue weighted by Gasteiger charge is -2.38. The average molecular weight is 572 g/mol. The summed E-state index contributed by atoms with van der Waals surface area (Å²) < 4.78 is 6.04. The third-order valence-corrected chi connectivity index (χ3v) is 7.52. The molecule has 0 aromatic heterocycles. The van der Waals surface area contributed by atoms with Crippen LogP contribution in [0.2, 0.25) is 0 Å². The molecule has 0 bridgehead atoms. The van der Waals surface area contributed by atoms with E-state index in [0.29, 0.717) is 48.7 Å². The van der Waals surface area contributed by atoms with Gasteiger partial charge in [0.15, 0.2) is 0 Å². The van der Waals surface area contributed by atoms with Crippen molar-refractivity contribution in [3.8, 4) is 11.5 Å². The highest BCUT2D eigenvalue weighted by Crippen LogP contribution is 2.35. The van der Waals surface area contributed by atoms with Crippen LogP contribution in [-0.4, -0.2) is 59.4 Å². The van der Waals surface area contributed by atoms with Gasteiger partial charge in [-0.05, 0) is 75.1 Å². The number of rotatable bonds is 11. The van der Waals surface area contributed by atoms with Crippen molar-refractivity contribution in [1.82, 2.24) is 20.4 Å². The second kappa shape index (κ2) is 14.0. The number of carbonyl (C=O) groups excluding carboxylic acids is 3. The number of carbonyl (C=O) groups is 3. The van der Waals surface area contributed by atoms with Crippen LogP contribution in [0.3, 0.4) is 0 Å². The first kappa shape index (κ1) is 30.6. The first-order valence-electron chi connectivity index (χ1n) is 14.5. The maximum Gasteiger partial charge on any atom is 0.313 e. The van der Waals surface area contributed by atoms with Crippen molar-refractivity contribution in [2.45, 2.75) is 58.3 Å². The van der Waals surface area contributed by atoms with E-state index in [0.717, 1.165) is 11.1 Å². The van der Waals surface area contributed by atoms with Gasteiger partial charge in [-0.25, -0.2) is 4.79 Å². The molecule has 0 saturated carbocycles. The van der Waals surface area contributed by atoms with Gasteiger partial charge in [-0.2, -0.15) is 0 Å². The zero-order chi connectivity index (χ0) is 30.2. The summed E-state index contributed by atoms with van der Waals surface area (Å²) in [5.74, 6) is 0.684. The number of benzene rings is 3. The Balaban J connectivity index is 1.64. The van der Waals surface area contributed by atoms with Gasteiger partial charge in [0.05, 0.1) is 0 Å². The average Bonchev–Trinajstić information content (AvgIpc) is 2.97. The highest BCUT2D eigenvalue weighted by molar-refractivity contribution is 5.93. The van der Waals surface area contributed by atoms with Gasteiger partial charge in [0, 0.05) is 31.7 Å². The molecule has 4 rings (SSSR count). The second-order valence-electron chi connectivity index (χ2n) is 11.0. The number of hydrogen-bond donors (Lipinski definition) is 3. The molecule has 9 heteroatoms. The van der Waals surface area contributed by atoms with E-state index in [-0.39, 0.29) is 12.5 Å². The number of para-hydroxylation sites is 1. The summed E-state index contributed by atoms with van der Waals surface area (Å²) in [6, 6.07) is 21.9. The molecule has 42 heavy (non-hydrogen) atoms. The van der Waals surface area contributed by atoms with Crippen molar-refractivity contribution in [1.29, 1.82) is 0 Å². The quantitative estimate of drug-likeness (QED) is 0.312. The molecule has 4 amide bonds. The fraction of sp³-hybridized carbons (Fsp3) is 0.364. The van der Waals surface area contributed by atoms with E-state index in [2.05, 4.69) is 43.2 Å². The Bertz CT molecular complexity index is 1360. The number of nitrogens with two attached hydrogens (primary N) is 1. The molecule has 2 unspecified atom stereocenters. The SMILES string of the molecule is CC(C)N(CCNC(=O)C1c2ccc(Oc3ccccc3)cc2CCN1C(=O)C(NC(N)=O)c1ccccc1)C(C)C. The molecule has 1 aliphatic heterocycles. The van der Waals surface area contributed by atoms with Crippen molar-refractivity contribution in [2.24, 2.45) is 5.73 Å². The minimum atomic E-state index is -1.03. The monoisotopic (exact) mass is 571 g/mol. The Kier molecular flexibility index (Phi) is 10.2. The van der Waals surface area contributed by atoms with Gasteiger partial charge in [0.2, 0.25) is 5.91 Å². The number of nitrogens with one attached hydrogen (secondary N) is 2. The second-order valence-corrected chi connectivity index (χ2v) is 11.0. The normalized spacial score (nSPS) is 15.3. The molecule has 0 aliphatic carbocycles. The molecule has 0 saturated heterocycles. The van der Waals surface area contributed by atoms with Crippen LogP contribution < -0.4 is 21.1 Å². The molecule has 0 spiro atoms. The van der Waals surface area contributed by atoms with Crippen LogP contribution in [0.4, 0.5) is 4.79 Å². The predicted molar refractivity (Wildman–Crippen MR) is 163 cm³/mol. The summed E-state index contributed by atoms with van der Waals surface area (Å²) in [5.41, 5.74) is 7.71. The Morgan fingerprint density at radius 2 is 1.57 bits per heavy atom. The molecule has 4 N–H and O–H groups in total. The zero-order valence-electron chi connectivity index (χ0n) is 24.7. The van der Waals surface area contributed by atoms with E-state index in [9.17, 15) is 14.4 Å². The molecular formula is C33H41N5O4. The van der Waals surface area contributed by atoms with Crippen LogP contribution >= 0.6 is 0 Å². The largest absolute Gasteiger partial charge is 0.457 e. The van der Waals surface area contributed by atoms with Crippen molar-refractivity contribution < 1.29 is 19.1 Å². The minimum absolute atomic E-state index is 0.278. The van der Waals surface area contributed by atoms with Crippen LogP contribution in [0.25, 0.3) is 0 Å². The number of hydrogen-bond acceptors (Lipinski definition) is 5. The lowest BCUT2D eigenvalue weighted by Crippen LogP contribution is -2.52. The van der Waals surface area contributed by atoms with Crippen molar-refractivity contribution in [2.75, 3.05) is 19.6 Å². The van der Waals surface area contributed by atoms with Crippen LogP contribution in [-0.2, 0) is 16.0 Å². The third-order valence-electron chi connectivity index (χ3n) is 7.52. The lowest BCUT2D eigenvalue weighted by atomic mass is 9.90. The number of nitrogens with zero attached hydrogens (tertiary/aromatic N) is 2. The van der Waals surface area contributed by atoms with Crippen molar-refractivity contribution in [3.05, 3.63) is 95.6 Å². The van der Waals surface area contributed by atoms with E-state index in [1.807, 2.05) is 54.6 Å². The summed E-state index contributed by atoms with van der Waals surface area (Å²) in [5, 5.41) is 5.66. The Morgan fingerprint density at radius 1 is 0.929 bits per heavy atom. The molecule has 1 heterocycles. The highest BCUT2D eigenvalue weighted by atomic mass is 16.5. The lowest BCUT2D eigenvalue weighted by molar-refractivity contribution is -0.143. The molecule has 3 aromatic carbocycles. The van der Waals surface area contributed by atoms with Crippen LogP contribution in [0.15, 0.2) is 78.9 Å². The third kappa shape index (κ3) is 7.47.